The van der Waals surface area contributed by atoms with Crippen LogP contribution in [0.15, 0.2) is 46.2 Å². The third-order valence-electron chi connectivity index (χ3n) is 3.51. The Morgan fingerprint density at radius 2 is 1.88 bits per heavy atom. The molecule has 2 aromatic carbocycles. The van der Waals surface area contributed by atoms with E-state index in [4.69, 9.17) is 0 Å². The average Bonchev–Trinajstić information content (AvgIpc) is 2.53. The molecule has 0 bridgehead atoms. The van der Waals surface area contributed by atoms with Crippen LogP contribution in [0.5, 0.6) is 11.6 Å². The van der Waals surface area contributed by atoms with Gasteiger partial charge in [-0.25, -0.2) is 0 Å². The highest BCUT2D eigenvalue weighted by atomic mass is 127. The van der Waals surface area contributed by atoms with E-state index in [0.29, 0.717) is 22.9 Å². The van der Waals surface area contributed by atoms with E-state index in [9.17, 15) is 15.0 Å². The van der Waals surface area contributed by atoms with Gasteiger partial charge in [-0.15, -0.1) is 0 Å². The van der Waals surface area contributed by atoms with Crippen molar-refractivity contribution >= 4 is 62.2 Å². The molecule has 0 aliphatic carbocycles. The highest BCUT2D eigenvalue weighted by Crippen LogP contribution is 2.23. The zero-order valence-corrected chi connectivity index (χ0v) is 16.6. The fourth-order valence-corrected chi connectivity index (χ4v) is 3.16. The third-order valence-corrected chi connectivity index (χ3v) is 5.09. The Balaban J connectivity index is 1.98. The van der Waals surface area contributed by atoms with Crippen LogP contribution in [0.25, 0.3) is 10.8 Å². The van der Waals surface area contributed by atoms with Crippen LogP contribution >= 0.6 is 45.2 Å². The van der Waals surface area contributed by atoms with Gasteiger partial charge in [0.1, 0.15) is 5.75 Å². The molecule has 0 saturated carbocycles. The minimum atomic E-state index is -0.335. The number of hydrogen-bond donors (Lipinski definition) is 3. The smallest absolute Gasteiger partial charge is 0.258 e. The lowest BCUT2D eigenvalue weighted by atomic mass is 10.1. The molecular formula is C17H12I2N2O3. The largest absolute Gasteiger partial charge is 0.507 e. The van der Waals surface area contributed by atoms with Gasteiger partial charge in [-0.2, -0.15) is 0 Å². The highest BCUT2D eigenvalue weighted by Gasteiger charge is 2.09. The van der Waals surface area contributed by atoms with Crippen LogP contribution in [-0.2, 0) is 6.54 Å². The molecule has 24 heavy (non-hydrogen) atoms. The van der Waals surface area contributed by atoms with E-state index in [1.807, 2.05) is 24.3 Å². The number of benzene rings is 2. The second-order valence-electron chi connectivity index (χ2n) is 5.16. The van der Waals surface area contributed by atoms with Gasteiger partial charge in [-0.05, 0) is 81.1 Å². The second-order valence-corrected chi connectivity index (χ2v) is 7.57. The van der Waals surface area contributed by atoms with E-state index in [-0.39, 0.29) is 17.2 Å². The van der Waals surface area contributed by atoms with Gasteiger partial charge in [0.15, 0.2) is 0 Å². The molecule has 7 heteroatoms. The van der Waals surface area contributed by atoms with Crippen molar-refractivity contribution in [3.8, 4) is 11.6 Å². The maximum absolute atomic E-state index is 11.9. The molecule has 122 valence electrons. The predicted octanol–water partition coefficient (Wildman–Crippen LogP) is 3.77. The zero-order chi connectivity index (χ0) is 17.3. The quantitative estimate of drug-likeness (QED) is 0.346. The van der Waals surface area contributed by atoms with Crippen molar-refractivity contribution in [3.05, 3.63) is 65.0 Å². The lowest BCUT2D eigenvalue weighted by Crippen LogP contribution is -2.08. The summed E-state index contributed by atoms with van der Waals surface area (Å²) in [5.74, 6) is 0.0129. The summed E-state index contributed by atoms with van der Waals surface area (Å²) in [6.07, 6.45) is 1.54. The SMILES string of the molecule is O=c1[nH]c(O)c(C=NCc2ccc(I)c(O)c2)c2cc(I)ccc12. The van der Waals surface area contributed by atoms with Crippen molar-refractivity contribution in [1.82, 2.24) is 4.98 Å². The summed E-state index contributed by atoms with van der Waals surface area (Å²) in [4.78, 5) is 18.7. The predicted molar refractivity (Wildman–Crippen MR) is 111 cm³/mol. The number of aromatic hydroxyl groups is 2. The molecule has 3 aromatic rings. The summed E-state index contributed by atoms with van der Waals surface area (Å²) < 4.78 is 1.74. The number of phenols is 1. The Bertz CT molecular complexity index is 1010. The molecule has 0 radical (unpaired) electrons. The molecule has 0 amide bonds. The highest BCUT2D eigenvalue weighted by molar-refractivity contribution is 14.1. The molecular weight excluding hydrogens is 534 g/mol. The van der Waals surface area contributed by atoms with Crippen LogP contribution in [0.4, 0.5) is 0 Å². The number of H-pyrrole nitrogens is 1. The Labute approximate surface area is 164 Å². The van der Waals surface area contributed by atoms with Gasteiger partial charge in [0.05, 0.1) is 15.7 Å². The first-order valence-electron chi connectivity index (χ1n) is 6.97. The Hall–Kier alpha value is -1.62. The number of hydrogen-bond acceptors (Lipinski definition) is 4. The molecule has 3 N–H and O–H groups in total. The van der Waals surface area contributed by atoms with Crippen molar-refractivity contribution in [1.29, 1.82) is 0 Å². The monoisotopic (exact) mass is 546 g/mol. The number of pyridine rings is 1. The number of rotatable bonds is 3. The molecule has 1 heterocycles. The lowest BCUT2D eigenvalue weighted by molar-refractivity contribution is 0.452. The normalized spacial score (nSPS) is 11.4. The van der Waals surface area contributed by atoms with E-state index < -0.39 is 0 Å². The summed E-state index contributed by atoms with van der Waals surface area (Å²) in [6.45, 7) is 0.356. The van der Waals surface area contributed by atoms with Crippen LogP contribution in [-0.4, -0.2) is 21.4 Å². The summed E-state index contributed by atoms with van der Waals surface area (Å²) in [7, 11) is 0. The van der Waals surface area contributed by atoms with Crippen molar-refractivity contribution in [2.45, 2.75) is 6.54 Å². The maximum atomic E-state index is 11.9. The van der Waals surface area contributed by atoms with Gasteiger partial charge < -0.3 is 10.2 Å². The van der Waals surface area contributed by atoms with Gasteiger partial charge in [-0.1, -0.05) is 6.07 Å². The van der Waals surface area contributed by atoms with Gasteiger partial charge >= 0.3 is 0 Å². The number of nitrogens with zero attached hydrogens (tertiary/aromatic N) is 1. The molecule has 0 saturated heterocycles. The molecule has 0 spiro atoms. The summed E-state index contributed by atoms with van der Waals surface area (Å²) >= 11 is 4.21. The number of nitrogens with one attached hydrogen (secondary N) is 1. The van der Waals surface area contributed by atoms with Crippen LogP contribution < -0.4 is 5.56 Å². The Morgan fingerprint density at radius 1 is 1.08 bits per heavy atom. The Morgan fingerprint density at radius 3 is 2.62 bits per heavy atom. The fourth-order valence-electron chi connectivity index (χ4n) is 2.34. The minimum Gasteiger partial charge on any atom is -0.507 e. The molecule has 0 aliphatic rings. The molecule has 3 rings (SSSR count). The fraction of sp³-hybridized carbons (Fsp3) is 0.0588. The van der Waals surface area contributed by atoms with Crippen LogP contribution in [0.2, 0.25) is 0 Å². The van der Waals surface area contributed by atoms with Crippen LogP contribution in [0.1, 0.15) is 11.1 Å². The standard InChI is InChI=1S/C17H12I2N2O3/c18-10-2-3-11-12(6-10)13(17(24)21-16(11)23)8-20-7-9-1-4-14(19)15(22)5-9/h1-6,8,22H,7H2,(H2,21,23,24). The molecule has 0 unspecified atom stereocenters. The van der Waals surface area contributed by atoms with Gasteiger partial charge in [0.25, 0.3) is 5.56 Å². The van der Waals surface area contributed by atoms with Crippen molar-refractivity contribution < 1.29 is 10.2 Å². The average molecular weight is 546 g/mol. The summed E-state index contributed by atoms with van der Waals surface area (Å²) in [5.41, 5.74) is 0.989. The minimum absolute atomic E-state index is 0.205. The lowest BCUT2D eigenvalue weighted by Gasteiger charge is -2.05. The van der Waals surface area contributed by atoms with E-state index in [0.717, 1.165) is 12.7 Å². The van der Waals surface area contributed by atoms with Gasteiger partial charge in [-0.3, -0.25) is 14.8 Å². The van der Waals surface area contributed by atoms with E-state index in [1.54, 1.807) is 18.3 Å². The number of halogens is 2. The number of phenolic OH excluding ortho intramolecular Hbond substituents is 1. The topological polar surface area (TPSA) is 85.7 Å². The number of aromatic nitrogens is 1. The van der Waals surface area contributed by atoms with E-state index >= 15 is 0 Å². The molecule has 5 nitrogen and oxygen atoms in total. The number of aromatic amines is 1. The third kappa shape index (κ3) is 3.56. The number of aliphatic imine (C=N–C) groups is 1. The molecule has 1 aromatic heterocycles. The van der Waals surface area contributed by atoms with Gasteiger partial charge in [0.2, 0.25) is 5.88 Å². The van der Waals surface area contributed by atoms with Crippen molar-refractivity contribution in [2.24, 2.45) is 4.99 Å². The van der Waals surface area contributed by atoms with Crippen LogP contribution in [0.3, 0.4) is 0 Å². The molecule has 0 atom stereocenters. The van der Waals surface area contributed by atoms with E-state index in [2.05, 4.69) is 55.2 Å². The second kappa shape index (κ2) is 7.09. The summed E-state index contributed by atoms with van der Waals surface area (Å²) in [5, 5.41) is 20.9. The number of fused-ring (bicyclic) bond motifs is 1. The van der Waals surface area contributed by atoms with Crippen molar-refractivity contribution in [3.63, 3.8) is 0 Å². The van der Waals surface area contributed by atoms with Crippen LogP contribution in [0, 0.1) is 7.14 Å². The zero-order valence-electron chi connectivity index (χ0n) is 12.3. The molecule has 0 fully saturated rings. The maximum Gasteiger partial charge on any atom is 0.258 e. The molecule has 0 aliphatic heterocycles. The van der Waals surface area contributed by atoms with Crippen molar-refractivity contribution in [2.75, 3.05) is 0 Å². The summed E-state index contributed by atoms with van der Waals surface area (Å²) in [6, 6.07) is 10.8. The Kier molecular flexibility index (Phi) is 5.09. The first-order chi connectivity index (χ1) is 11.5. The first kappa shape index (κ1) is 17.2. The van der Waals surface area contributed by atoms with Gasteiger partial charge in [0, 0.05) is 20.6 Å². The van der Waals surface area contributed by atoms with E-state index in [1.165, 1.54) is 0 Å². The first-order valence-corrected chi connectivity index (χ1v) is 9.13.